The lowest BCUT2D eigenvalue weighted by molar-refractivity contribution is -0.315. The van der Waals surface area contributed by atoms with Gasteiger partial charge in [0.1, 0.15) is 18.8 Å². The van der Waals surface area contributed by atoms with Crippen molar-refractivity contribution < 1.29 is 71.4 Å². The van der Waals surface area contributed by atoms with Crippen LogP contribution in [0.25, 0.3) is 0 Å². The Bertz CT molecular complexity index is 1040. The Balaban J connectivity index is 3.58. The summed E-state index contributed by atoms with van der Waals surface area (Å²) in [6, 6.07) is -1.40. The quantitative estimate of drug-likeness (QED) is 0.0730. The molecule has 17 heteroatoms. The van der Waals surface area contributed by atoms with E-state index in [0.717, 1.165) is 34.8 Å². The lowest BCUT2D eigenvalue weighted by Gasteiger charge is -2.48. The first-order chi connectivity index (χ1) is 20.8. The number of rotatable bonds is 18. The van der Waals surface area contributed by atoms with Crippen molar-refractivity contribution in [3.8, 4) is 12.3 Å². The van der Waals surface area contributed by atoms with Gasteiger partial charge in [0.2, 0.25) is 0 Å². The maximum Gasteiger partial charge on any atom is 0.366 e. The van der Waals surface area contributed by atoms with Gasteiger partial charge < -0.3 is 53.7 Å². The van der Waals surface area contributed by atoms with Gasteiger partial charge in [0, 0.05) is 34.2 Å². The largest absolute Gasteiger partial charge is 0.465 e. The fourth-order valence-electron chi connectivity index (χ4n) is 4.18. The highest BCUT2D eigenvalue weighted by molar-refractivity contribution is 5.81. The van der Waals surface area contributed by atoms with Crippen molar-refractivity contribution >= 4 is 35.8 Å². The molecule has 0 bridgehead atoms. The number of nitrogens with two attached hydrogens (primary N) is 1. The predicted octanol–water partition coefficient (Wildman–Crippen LogP) is -1.87. The summed E-state index contributed by atoms with van der Waals surface area (Å²) in [5, 5.41) is 2.51. The van der Waals surface area contributed by atoms with E-state index in [2.05, 4.69) is 11.2 Å². The van der Waals surface area contributed by atoms with Gasteiger partial charge in [-0.25, -0.2) is 4.79 Å². The first-order valence-corrected chi connectivity index (χ1v) is 13.4. The number of methoxy groups -OCH3 is 1. The van der Waals surface area contributed by atoms with Gasteiger partial charge in [-0.2, -0.15) is 0 Å². The molecule has 3 N–H and O–H groups in total. The number of hydrogen-bond donors (Lipinski definition) is 2. The standard InChI is InChI=1S/C27H40N2O15/c1-7-8-37-9-10-38-11-12-40-27(26(35)36-6)13-20(41-17(3)31)23(29-22(34)15-39-16(2)30)25(44-27)24(43-19(5)33)21(14-28)42-18(4)32/h1,20-21,23-25H,8-15,28H2,2-6H3,(H,29,34)/t20-,21+,23+,24+,25+,27+/m0/s1. The molecular weight excluding hydrogens is 592 g/mol. The topological polar surface area (TPSA) is 224 Å². The normalized spacial score (nSPS) is 22.3. The molecule has 0 radical (unpaired) electrons. The van der Waals surface area contributed by atoms with Crippen molar-refractivity contribution in [3.05, 3.63) is 0 Å². The van der Waals surface area contributed by atoms with Crippen LogP contribution in [0.2, 0.25) is 0 Å². The Labute approximate surface area is 254 Å². The van der Waals surface area contributed by atoms with E-state index in [4.69, 9.17) is 54.8 Å². The van der Waals surface area contributed by atoms with E-state index in [1.807, 2.05) is 0 Å². The molecule has 1 aliphatic rings. The van der Waals surface area contributed by atoms with Crippen LogP contribution in [0, 0.1) is 12.3 Å². The number of esters is 5. The zero-order chi connectivity index (χ0) is 33.3. The third-order valence-corrected chi connectivity index (χ3v) is 5.76. The molecule has 0 aromatic rings. The van der Waals surface area contributed by atoms with Crippen LogP contribution in [-0.2, 0) is 71.4 Å². The van der Waals surface area contributed by atoms with E-state index in [0.29, 0.717) is 0 Å². The van der Waals surface area contributed by atoms with Crippen LogP contribution in [0.4, 0.5) is 0 Å². The summed E-state index contributed by atoms with van der Waals surface area (Å²) in [4.78, 5) is 73.6. The van der Waals surface area contributed by atoms with Crippen molar-refractivity contribution in [2.45, 2.75) is 70.4 Å². The van der Waals surface area contributed by atoms with Gasteiger partial charge >= 0.3 is 29.8 Å². The third kappa shape index (κ3) is 12.8. The Kier molecular flexibility index (Phi) is 16.9. The molecule has 1 heterocycles. The van der Waals surface area contributed by atoms with E-state index in [-0.39, 0.29) is 33.0 Å². The molecule has 0 aliphatic carbocycles. The number of hydrogen-bond acceptors (Lipinski definition) is 16. The fourth-order valence-corrected chi connectivity index (χ4v) is 4.18. The van der Waals surface area contributed by atoms with Gasteiger partial charge in [0.05, 0.1) is 46.0 Å². The molecule has 1 fully saturated rings. The zero-order valence-electron chi connectivity index (χ0n) is 25.3. The maximum absolute atomic E-state index is 13.2. The minimum absolute atomic E-state index is 0.0702. The minimum atomic E-state index is -2.33. The lowest BCUT2D eigenvalue weighted by Crippen LogP contribution is -2.69. The minimum Gasteiger partial charge on any atom is -0.465 e. The van der Waals surface area contributed by atoms with E-state index in [1.165, 1.54) is 0 Å². The molecule has 1 saturated heterocycles. The van der Waals surface area contributed by atoms with Gasteiger partial charge in [-0.3, -0.25) is 24.0 Å². The summed E-state index contributed by atoms with van der Waals surface area (Å²) in [6.45, 7) is 3.21. The molecule has 6 atom stereocenters. The monoisotopic (exact) mass is 632 g/mol. The molecule has 44 heavy (non-hydrogen) atoms. The first-order valence-electron chi connectivity index (χ1n) is 13.4. The fraction of sp³-hybridized carbons (Fsp3) is 0.704. The molecule has 0 unspecified atom stereocenters. The molecular formula is C27H40N2O15. The summed E-state index contributed by atoms with van der Waals surface area (Å²) in [5.74, 6) is -5.25. The van der Waals surface area contributed by atoms with Crippen LogP contribution >= 0.6 is 0 Å². The molecule has 1 amide bonds. The van der Waals surface area contributed by atoms with Crippen molar-refractivity contribution in [2.24, 2.45) is 5.73 Å². The molecule has 0 aromatic carbocycles. The van der Waals surface area contributed by atoms with Crippen molar-refractivity contribution in [1.29, 1.82) is 0 Å². The Morgan fingerprint density at radius 2 is 1.59 bits per heavy atom. The summed E-state index contributed by atoms with van der Waals surface area (Å²) in [6.07, 6.45) is -1.44. The average molecular weight is 633 g/mol. The number of ether oxygens (including phenoxy) is 9. The van der Waals surface area contributed by atoms with Gasteiger partial charge in [-0.05, 0) is 0 Å². The van der Waals surface area contributed by atoms with E-state index >= 15 is 0 Å². The summed E-state index contributed by atoms with van der Waals surface area (Å²) in [7, 11) is 1.05. The molecule has 0 spiro atoms. The van der Waals surface area contributed by atoms with Crippen LogP contribution in [0.5, 0.6) is 0 Å². The second-order valence-corrected chi connectivity index (χ2v) is 9.23. The van der Waals surface area contributed by atoms with Crippen LogP contribution in [0.15, 0.2) is 0 Å². The highest BCUT2D eigenvalue weighted by Crippen LogP contribution is 2.37. The van der Waals surface area contributed by atoms with Crippen molar-refractivity contribution in [2.75, 3.05) is 53.3 Å². The highest BCUT2D eigenvalue weighted by Gasteiger charge is 2.59. The lowest BCUT2D eigenvalue weighted by atomic mass is 9.87. The van der Waals surface area contributed by atoms with Gasteiger partial charge in [0.15, 0.2) is 18.8 Å². The van der Waals surface area contributed by atoms with E-state index < -0.39 is 91.6 Å². The number of terminal acetylenes is 1. The molecule has 1 aliphatic heterocycles. The average Bonchev–Trinajstić information content (AvgIpc) is 2.95. The Morgan fingerprint density at radius 3 is 2.14 bits per heavy atom. The molecule has 0 aromatic heterocycles. The van der Waals surface area contributed by atoms with Crippen LogP contribution in [0.3, 0.4) is 0 Å². The Morgan fingerprint density at radius 1 is 0.955 bits per heavy atom. The SMILES string of the molecule is C#CCOCCOCCO[C@]1(C(=O)OC)C[C@H](OC(C)=O)[C@@H](NC(=O)COC(C)=O)[C@H]([C@H](OC(C)=O)[C@@H](CN)OC(C)=O)O1. The smallest absolute Gasteiger partial charge is 0.366 e. The first kappa shape index (κ1) is 38.2. The number of nitrogens with one attached hydrogen (secondary N) is 1. The molecule has 1 rings (SSSR count). The van der Waals surface area contributed by atoms with Crippen molar-refractivity contribution in [3.63, 3.8) is 0 Å². The summed E-state index contributed by atoms with van der Waals surface area (Å²) >= 11 is 0. The maximum atomic E-state index is 13.2. The second-order valence-electron chi connectivity index (χ2n) is 9.23. The number of amides is 1. The third-order valence-electron chi connectivity index (χ3n) is 5.76. The van der Waals surface area contributed by atoms with E-state index in [9.17, 15) is 28.8 Å². The van der Waals surface area contributed by atoms with E-state index in [1.54, 1.807) is 0 Å². The van der Waals surface area contributed by atoms with Crippen LogP contribution < -0.4 is 11.1 Å². The van der Waals surface area contributed by atoms with Crippen LogP contribution in [-0.4, -0.2) is 125 Å². The molecule has 17 nitrogen and oxygen atoms in total. The summed E-state index contributed by atoms with van der Waals surface area (Å²) in [5.41, 5.74) is 5.84. The number of carbonyl (C=O) groups excluding carboxylic acids is 6. The predicted molar refractivity (Wildman–Crippen MR) is 145 cm³/mol. The zero-order valence-corrected chi connectivity index (χ0v) is 25.3. The molecule has 248 valence electrons. The van der Waals surface area contributed by atoms with Gasteiger partial charge in [0.25, 0.3) is 11.7 Å². The molecule has 0 saturated carbocycles. The van der Waals surface area contributed by atoms with Crippen molar-refractivity contribution in [1.82, 2.24) is 5.32 Å². The second kappa shape index (κ2) is 19.5. The van der Waals surface area contributed by atoms with Gasteiger partial charge in [-0.15, -0.1) is 6.42 Å². The number of carbonyl (C=O) groups is 6. The Hall–Kier alpha value is -3.82. The van der Waals surface area contributed by atoms with Gasteiger partial charge in [-0.1, -0.05) is 5.92 Å². The van der Waals surface area contributed by atoms with Crippen LogP contribution in [0.1, 0.15) is 34.1 Å². The summed E-state index contributed by atoms with van der Waals surface area (Å²) < 4.78 is 48.3. The highest BCUT2D eigenvalue weighted by atomic mass is 16.7.